The van der Waals surface area contributed by atoms with Crippen LogP contribution in [0.15, 0.2) is 78.5 Å². The van der Waals surface area contributed by atoms with E-state index in [4.69, 9.17) is 4.74 Å². The van der Waals surface area contributed by atoms with Gasteiger partial charge in [0.25, 0.3) is 11.8 Å². The largest absolute Gasteiger partial charge is 0.492 e. The van der Waals surface area contributed by atoms with Crippen LogP contribution in [-0.2, 0) is 16.1 Å². The number of aryl methyl sites for hydroxylation is 1. The van der Waals surface area contributed by atoms with Crippen LogP contribution in [0, 0.1) is 12.7 Å². The summed E-state index contributed by atoms with van der Waals surface area (Å²) in [5, 5.41) is 3.15. The number of rotatable bonds is 7. The number of amides is 2. The highest BCUT2D eigenvalue weighted by Crippen LogP contribution is 2.34. The van der Waals surface area contributed by atoms with E-state index in [2.05, 4.69) is 5.32 Å². The molecule has 32 heavy (non-hydrogen) atoms. The minimum absolute atomic E-state index is 0.0472. The molecule has 0 saturated carbocycles. The molecule has 0 bridgehead atoms. The maximum Gasteiger partial charge on any atom is 0.278 e. The number of anilines is 1. The Bertz CT molecular complexity index is 1180. The molecule has 4 rings (SSSR count). The summed E-state index contributed by atoms with van der Waals surface area (Å²) in [6.07, 6.45) is 0. The highest BCUT2D eigenvalue weighted by atomic mass is 19.1. The van der Waals surface area contributed by atoms with E-state index < -0.39 is 11.8 Å². The first-order valence-corrected chi connectivity index (χ1v) is 10.4. The Morgan fingerprint density at radius 3 is 2.28 bits per heavy atom. The number of benzene rings is 3. The van der Waals surface area contributed by atoms with E-state index in [9.17, 15) is 14.0 Å². The standard InChI is InChI=1S/C26H23FN2O3/c1-3-32-22-7-5-4-6-21(22)28-24-23(19-12-8-17(2)9-13-19)25(30)29(26(24)31)16-18-10-14-20(27)15-11-18/h4-15,28H,3,16H2,1-2H3. The molecule has 3 aromatic rings. The van der Waals surface area contributed by atoms with Gasteiger partial charge in [-0.1, -0.05) is 54.1 Å². The van der Waals surface area contributed by atoms with E-state index in [1.165, 1.54) is 17.0 Å². The number of halogens is 1. The number of para-hydroxylation sites is 2. The van der Waals surface area contributed by atoms with Crippen molar-refractivity contribution < 1.29 is 18.7 Å². The van der Waals surface area contributed by atoms with Gasteiger partial charge in [0.05, 0.1) is 24.4 Å². The number of imide groups is 1. The molecule has 0 atom stereocenters. The molecular weight excluding hydrogens is 407 g/mol. The first-order chi connectivity index (χ1) is 15.5. The van der Waals surface area contributed by atoms with Gasteiger partial charge < -0.3 is 10.1 Å². The Labute approximate surface area is 186 Å². The van der Waals surface area contributed by atoms with Crippen LogP contribution in [0.4, 0.5) is 10.1 Å². The monoisotopic (exact) mass is 430 g/mol. The van der Waals surface area contributed by atoms with Crippen molar-refractivity contribution in [1.82, 2.24) is 4.90 Å². The maximum atomic E-state index is 13.4. The van der Waals surface area contributed by atoms with Crippen molar-refractivity contribution >= 4 is 23.1 Å². The third-order valence-corrected chi connectivity index (χ3v) is 5.21. The normalized spacial score (nSPS) is 13.7. The molecule has 0 radical (unpaired) electrons. The average Bonchev–Trinajstić information content (AvgIpc) is 3.01. The Kier molecular flexibility index (Phi) is 6.03. The number of nitrogens with zero attached hydrogens (tertiary/aromatic N) is 1. The quantitative estimate of drug-likeness (QED) is 0.541. The Balaban J connectivity index is 1.74. The molecule has 2 amide bonds. The maximum absolute atomic E-state index is 13.4. The van der Waals surface area contributed by atoms with Crippen molar-refractivity contribution in [3.63, 3.8) is 0 Å². The van der Waals surface area contributed by atoms with Gasteiger partial charge in [-0.15, -0.1) is 0 Å². The first kappa shape index (κ1) is 21.3. The Hall–Kier alpha value is -3.93. The van der Waals surface area contributed by atoms with Crippen LogP contribution in [-0.4, -0.2) is 23.3 Å². The molecule has 0 saturated heterocycles. The molecule has 0 unspecified atom stereocenters. The summed E-state index contributed by atoms with van der Waals surface area (Å²) in [7, 11) is 0. The smallest absolute Gasteiger partial charge is 0.278 e. The molecule has 0 fully saturated rings. The molecule has 0 aromatic heterocycles. The number of carbonyl (C=O) groups is 2. The zero-order valence-corrected chi connectivity index (χ0v) is 17.9. The van der Waals surface area contributed by atoms with E-state index in [0.29, 0.717) is 34.7 Å². The average molecular weight is 430 g/mol. The van der Waals surface area contributed by atoms with Crippen LogP contribution in [0.1, 0.15) is 23.6 Å². The van der Waals surface area contributed by atoms with Crippen LogP contribution >= 0.6 is 0 Å². The summed E-state index contributed by atoms with van der Waals surface area (Å²) in [6.45, 7) is 4.35. The molecule has 3 aromatic carbocycles. The number of nitrogens with one attached hydrogen (secondary N) is 1. The van der Waals surface area contributed by atoms with Gasteiger partial charge in [0.15, 0.2) is 0 Å². The third kappa shape index (κ3) is 4.25. The Morgan fingerprint density at radius 2 is 1.59 bits per heavy atom. The zero-order valence-electron chi connectivity index (χ0n) is 17.9. The molecule has 1 aliphatic rings. The lowest BCUT2D eigenvalue weighted by atomic mass is 10.0. The van der Waals surface area contributed by atoms with E-state index in [1.54, 1.807) is 24.3 Å². The number of hydrogen-bond acceptors (Lipinski definition) is 4. The summed E-state index contributed by atoms with van der Waals surface area (Å²) in [6, 6.07) is 20.5. The van der Waals surface area contributed by atoms with Crippen molar-refractivity contribution in [3.05, 3.63) is 101 Å². The van der Waals surface area contributed by atoms with E-state index >= 15 is 0 Å². The van der Waals surface area contributed by atoms with Crippen molar-refractivity contribution in [2.75, 3.05) is 11.9 Å². The summed E-state index contributed by atoms with van der Waals surface area (Å²) in [5.74, 6) is -0.634. The minimum Gasteiger partial charge on any atom is -0.492 e. The van der Waals surface area contributed by atoms with Crippen LogP contribution in [0.5, 0.6) is 5.75 Å². The van der Waals surface area contributed by atoms with Gasteiger partial charge in [-0.05, 0) is 49.2 Å². The zero-order chi connectivity index (χ0) is 22.7. The summed E-state index contributed by atoms with van der Waals surface area (Å²) >= 11 is 0. The predicted octanol–water partition coefficient (Wildman–Crippen LogP) is 4.93. The van der Waals surface area contributed by atoms with Gasteiger partial charge >= 0.3 is 0 Å². The molecule has 162 valence electrons. The lowest BCUT2D eigenvalue weighted by Gasteiger charge is -2.16. The van der Waals surface area contributed by atoms with Crippen LogP contribution in [0.2, 0.25) is 0 Å². The van der Waals surface area contributed by atoms with E-state index in [1.807, 2.05) is 50.2 Å². The topological polar surface area (TPSA) is 58.6 Å². The predicted molar refractivity (Wildman–Crippen MR) is 121 cm³/mol. The van der Waals surface area contributed by atoms with Crippen LogP contribution < -0.4 is 10.1 Å². The first-order valence-electron chi connectivity index (χ1n) is 10.4. The fourth-order valence-corrected chi connectivity index (χ4v) is 3.58. The molecule has 0 aliphatic carbocycles. The van der Waals surface area contributed by atoms with Crippen molar-refractivity contribution in [1.29, 1.82) is 0 Å². The second kappa shape index (κ2) is 9.06. The molecule has 6 heteroatoms. The second-order valence-corrected chi connectivity index (χ2v) is 7.49. The number of carbonyl (C=O) groups excluding carboxylic acids is 2. The van der Waals surface area contributed by atoms with Gasteiger partial charge in [0.2, 0.25) is 0 Å². The third-order valence-electron chi connectivity index (χ3n) is 5.21. The summed E-state index contributed by atoms with van der Waals surface area (Å²) < 4.78 is 19.0. The van der Waals surface area contributed by atoms with Crippen LogP contribution in [0.25, 0.3) is 5.57 Å². The summed E-state index contributed by atoms with van der Waals surface area (Å²) in [4.78, 5) is 27.9. The molecule has 1 aliphatic heterocycles. The summed E-state index contributed by atoms with van der Waals surface area (Å²) in [5.41, 5.74) is 3.43. The van der Waals surface area contributed by atoms with Gasteiger partial charge in [-0.25, -0.2) is 4.39 Å². The molecule has 1 N–H and O–H groups in total. The number of ether oxygens (including phenoxy) is 1. The van der Waals surface area contributed by atoms with Crippen LogP contribution in [0.3, 0.4) is 0 Å². The number of hydrogen-bond donors (Lipinski definition) is 1. The van der Waals surface area contributed by atoms with Crippen molar-refractivity contribution in [3.8, 4) is 5.75 Å². The van der Waals surface area contributed by atoms with E-state index in [-0.39, 0.29) is 18.1 Å². The molecular formula is C26H23FN2O3. The lowest BCUT2D eigenvalue weighted by Crippen LogP contribution is -2.32. The SMILES string of the molecule is CCOc1ccccc1NC1=C(c2ccc(C)cc2)C(=O)N(Cc2ccc(F)cc2)C1=O. The molecule has 1 heterocycles. The molecule has 5 nitrogen and oxygen atoms in total. The fraction of sp³-hybridized carbons (Fsp3) is 0.154. The highest BCUT2D eigenvalue weighted by Gasteiger charge is 2.39. The van der Waals surface area contributed by atoms with Crippen molar-refractivity contribution in [2.24, 2.45) is 0 Å². The fourth-order valence-electron chi connectivity index (χ4n) is 3.58. The lowest BCUT2D eigenvalue weighted by molar-refractivity contribution is -0.137. The van der Waals surface area contributed by atoms with Gasteiger partial charge in [0.1, 0.15) is 17.3 Å². The highest BCUT2D eigenvalue weighted by molar-refractivity contribution is 6.36. The van der Waals surface area contributed by atoms with Crippen molar-refractivity contribution in [2.45, 2.75) is 20.4 Å². The van der Waals surface area contributed by atoms with Gasteiger partial charge in [-0.2, -0.15) is 0 Å². The van der Waals surface area contributed by atoms with Gasteiger partial charge in [0, 0.05) is 0 Å². The Morgan fingerprint density at radius 1 is 0.906 bits per heavy atom. The molecule has 0 spiro atoms. The van der Waals surface area contributed by atoms with E-state index in [0.717, 1.165) is 5.56 Å². The minimum atomic E-state index is -0.443. The van der Waals surface area contributed by atoms with Gasteiger partial charge in [-0.3, -0.25) is 14.5 Å². The second-order valence-electron chi connectivity index (χ2n) is 7.49.